The number of halogens is 1. The Hall–Kier alpha value is 0.280. The highest BCUT2D eigenvalue weighted by atomic mass is 127. The molecule has 0 amide bonds. The predicted octanol–water partition coefficient (Wildman–Crippen LogP) is 2.09. The molecule has 0 fully saturated rings. The maximum atomic E-state index is 8.58. The van der Waals surface area contributed by atoms with Gasteiger partial charge in [0.2, 0.25) is 0 Å². The monoisotopic (exact) mass is 341 g/mol. The fourth-order valence-electron chi connectivity index (χ4n) is 1.07. The highest BCUT2D eigenvalue weighted by molar-refractivity contribution is 14.1. The molecule has 15 heavy (non-hydrogen) atoms. The molecule has 0 aromatic carbocycles. The first kappa shape index (κ1) is 13.3. The van der Waals surface area contributed by atoms with Gasteiger partial charge in [0.15, 0.2) is 3.77 Å². The Balaban J connectivity index is 1.93. The first-order valence-corrected chi connectivity index (χ1v) is 7.20. The molecule has 1 aromatic rings. The fourth-order valence-corrected chi connectivity index (χ4v) is 2.36. The van der Waals surface area contributed by atoms with Crippen LogP contribution in [-0.2, 0) is 6.54 Å². The van der Waals surface area contributed by atoms with Crippen LogP contribution in [-0.4, -0.2) is 29.8 Å². The summed E-state index contributed by atoms with van der Waals surface area (Å²) in [7, 11) is 0. The van der Waals surface area contributed by atoms with Gasteiger partial charge in [-0.25, -0.2) is 0 Å². The second-order valence-corrected chi connectivity index (χ2v) is 5.36. The van der Waals surface area contributed by atoms with E-state index in [4.69, 9.17) is 9.52 Å². The minimum atomic E-state index is 0.297. The quantitative estimate of drug-likeness (QED) is 0.562. The number of rotatable bonds is 8. The summed E-state index contributed by atoms with van der Waals surface area (Å²) in [5, 5.41) is 11.9. The molecule has 1 aromatic heterocycles. The smallest absolute Gasteiger partial charge is 0.164 e. The number of thioether (sulfide) groups is 1. The highest BCUT2D eigenvalue weighted by Gasteiger charge is 1.97. The summed E-state index contributed by atoms with van der Waals surface area (Å²) in [6.45, 7) is 2.07. The molecule has 0 saturated heterocycles. The van der Waals surface area contributed by atoms with E-state index in [1.54, 1.807) is 0 Å². The summed E-state index contributed by atoms with van der Waals surface area (Å²) in [6, 6.07) is 3.96. The van der Waals surface area contributed by atoms with E-state index in [1.807, 2.05) is 23.9 Å². The number of aliphatic hydroxyl groups excluding tert-OH is 1. The van der Waals surface area contributed by atoms with Crippen molar-refractivity contribution in [1.29, 1.82) is 0 Å². The molecule has 5 heteroatoms. The maximum Gasteiger partial charge on any atom is 0.164 e. The Labute approximate surface area is 108 Å². The molecular formula is C10H16INO2S. The largest absolute Gasteiger partial charge is 0.454 e. The molecule has 1 heterocycles. The molecule has 0 aliphatic carbocycles. The van der Waals surface area contributed by atoms with E-state index >= 15 is 0 Å². The summed E-state index contributed by atoms with van der Waals surface area (Å²) in [5.41, 5.74) is 0. The second-order valence-electron chi connectivity index (χ2n) is 3.07. The topological polar surface area (TPSA) is 45.4 Å². The molecule has 0 spiro atoms. The van der Waals surface area contributed by atoms with Crippen molar-refractivity contribution in [1.82, 2.24) is 5.32 Å². The zero-order valence-electron chi connectivity index (χ0n) is 8.54. The van der Waals surface area contributed by atoms with Crippen LogP contribution in [0.25, 0.3) is 0 Å². The van der Waals surface area contributed by atoms with Gasteiger partial charge < -0.3 is 14.8 Å². The van der Waals surface area contributed by atoms with Crippen LogP contribution < -0.4 is 5.32 Å². The standard InChI is InChI=1S/C10H16INO2S/c11-10-3-2-9(14-10)8-12-4-7-15-6-1-5-13/h2-3,12-13H,1,4-8H2. The van der Waals surface area contributed by atoms with Crippen LogP contribution in [0.1, 0.15) is 12.2 Å². The van der Waals surface area contributed by atoms with Crippen molar-refractivity contribution >= 4 is 34.4 Å². The van der Waals surface area contributed by atoms with Gasteiger partial charge in [0.1, 0.15) is 5.76 Å². The Morgan fingerprint density at radius 2 is 2.27 bits per heavy atom. The molecule has 3 nitrogen and oxygen atoms in total. The highest BCUT2D eigenvalue weighted by Crippen LogP contribution is 2.09. The van der Waals surface area contributed by atoms with E-state index in [9.17, 15) is 0 Å². The van der Waals surface area contributed by atoms with Crippen molar-refractivity contribution in [3.05, 3.63) is 21.7 Å². The van der Waals surface area contributed by atoms with Gasteiger partial charge in [0.05, 0.1) is 6.54 Å². The van der Waals surface area contributed by atoms with Crippen LogP contribution in [0.15, 0.2) is 16.5 Å². The zero-order valence-corrected chi connectivity index (χ0v) is 11.5. The summed E-state index contributed by atoms with van der Waals surface area (Å²) in [5.74, 6) is 3.11. The summed E-state index contributed by atoms with van der Waals surface area (Å²) < 4.78 is 6.35. The van der Waals surface area contributed by atoms with Crippen LogP contribution in [0.4, 0.5) is 0 Å². The minimum absolute atomic E-state index is 0.297. The lowest BCUT2D eigenvalue weighted by atomic mass is 10.4. The van der Waals surface area contributed by atoms with Crippen molar-refractivity contribution in [3.8, 4) is 0 Å². The van der Waals surface area contributed by atoms with E-state index in [-0.39, 0.29) is 0 Å². The number of hydrogen-bond donors (Lipinski definition) is 2. The van der Waals surface area contributed by atoms with E-state index in [0.717, 1.165) is 40.5 Å². The molecule has 0 unspecified atom stereocenters. The first-order chi connectivity index (χ1) is 7.33. The lowest BCUT2D eigenvalue weighted by molar-refractivity contribution is 0.296. The van der Waals surface area contributed by atoms with E-state index in [0.29, 0.717) is 6.61 Å². The van der Waals surface area contributed by atoms with Crippen LogP contribution >= 0.6 is 34.4 Å². The zero-order chi connectivity index (χ0) is 10.9. The fraction of sp³-hybridized carbons (Fsp3) is 0.600. The Bertz CT molecular complexity index is 268. The van der Waals surface area contributed by atoms with Gasteiger partial charge in [0.25, 0.3) is 0 Å². The van der Waals surface area contributed by atoms with Gasteiger partial charge in [-0.3, -0.25) is 0 Å². The van der Waals surface area contributed by atoms with E-state index < -0.39 is 0 Å². The summed E-state index contributed by atoms with van der Waals surface area (Å²) in [4.78, 5) is 0. The maximum absolute atomic E-state index is 8.58. The van der Waals surface area contributed by atoms with Gasteiger partial charge in [0, 0.05) is 18.9 Å². The number of aliphatic hydroxyl groups is 1. The molecule has 0 radical (unpaired) electrons. The third kappa shape index (κ3) is 6.44. The Morgan fingerprint density at radius 1 is 1.40 bits per heavy atom. The SMILES string of the molecule is OCCCSCCNCc1ccc(I)o1. The lowest BCUT2D eigenvalue weighted by Gasteiger charge is -2.02. The lowest BCUT2D eigenvalue weighted by Crippen LogP contribution is -2.16. The van der Waals surface area contributed by atoms with Gasteiger partial charge in [-0.1, -0.05) is 0 Å². The van der Waals surface area contributed by atoms with Crippen molar-refractivity contribution in [2.75, 3.05) is 24.7 Å². The molecule has 2 N–H and O–H groups in total. The van der Waals surface area contributed by atoms with Crippen molar-refractivity contribution in [2.24, 2.45) is 0 Å². The Morgan fingerprint density at radius 3 is 2.93 bits per heavy atom. The molecule has 0 atom stereocenters. The third-order valence-electron chi connectivity index (χ3n) is 1.80. The molecule has 0 aliphatic heterocycles. The van der Waals surface area contributed by atoms with Gasteiger partial charge in [-0.2, -0.15) is 11.8 Å². The normalized spacial score (nSPS) is 10.8. The molecular weight excluding hydrogens is 325 g/mol. The van der Waals surface area contributed by atoms with Gasteiger partial charge >= 0.3 is 0 Å². The second kappa shape index (κ2) is 8.43. The molecule has 1 rings (SSSR count). The Kier molecular flexibility index (Phi) is 7.50. The number of hydrogen-bond acceptors (Lipinski definition) is 4. The van der Waals surface area contributed by atoms with Crippen LogP contribution in [0.2, 0.25) is 0 Å². The minimum Gasteiger partial charge on any atom is -0.454 e. The summed E-state index contributed by atoms with van der Waals surface area (Å²) in [6.07, 6.45) is 0.890. The summed E-state index contributed by atoms with van der Waals surface area (Å²) >= 11 is 4.03. The molecule has 86 valence electrons. The predicted molar refractivity (Wildman–Crippen MR) is 72.2 cm³/mol. The third-order valence-corrected chi connectivity index (χ3v) is 3.45. The van der Waals surface area contributed by atoms with Gasteiger partial charge in [-0.05, 0) is 46.9 Å². The van der Waals surface area contributed by atoms with Crippen molar-refractivity contribution in [3.63, 3.8) is 0 Å². The van der Waals surface area contributed by atoms with Crippen LogP contribution in [0.5, 0.6) is 0 Å². The number of nitrogens with one attached hydrogen (secondary N) is 1. The van der Waals surface area contributed by atoms with Crippen LogP contribution in [0, 0.1) is 3.77 Å². The van der Waals surface area contributed by atoms with Crippen molar-refractivity contribution < 1.29 is 9.52 Å². The number of furan rings is 1. The molecule has 0 bridgehead atoms. The average Bonchev–Trinajstić information content (AvgIpc) is 2.63. The van der Waals surface area contributed by atoms with Gasteiger partial charge in [-0.15, -0.1) is 0 Å². The molecule has 0 aliphatic rings. The van der Waals surface area contributed by atoms with E-state index in [2.05, 4.69) is 27.9 Å². The van der Waals surface area contributed by atoms with Crippen LogP contribution in [0.3, 0.4) is 0 Å². The first-order valence-electron chi connectivity index (χ1n) is 4.96. The average molecular weight is 341 g/mol. The van der Waals surface area contributed by atoms with Crippen molar-refractivity contribution in [2.45, 2.75) is 13.0 Å². The molecule has 0 saturated carbocycles. The van der Waals surface area contributed by atoms with E-state index in [1.165, 1.54) is 0 Å².